The molecular formula is C12H11ClFNOS. The zero-order valence-electron chi connectivity index (χ0n) is 8.86. The zero-order valence-corrected chi connectivity index (χ0v) is 10.4. The molecule has 0 saturated carbocycles. The van der Waals surface area contributed by atoms with Gasteiger partial charge in [-0.05, 0) is 29.6 Å². The van der Waals surface area contributed by atoms with Crippen molar-refractivity contribution in [1.29, 1.82) is 0 Å². The van der Waals surface area contributed by atoms with Gasteiger partial charge in [0.05, 0.1) is 0 Å². The number of rotatable bonds is 4. The van der Waals surface area contributed by atoms with Crippen LogP contribution < -0.4 is 5.32 Å². The zero-order chi connectivity index (χ0) is 12.3. The van der Waals surface area contributed by atoms with Gasteiger partial charge in [0.25, 0.3) is 0 Å². The summed E-state index contributed by atoms with van der Waals surface area (Å²) in [5.41, 5.74) is 0.561. The number of anilines is 1. The van der Waals surface area contributed by atoms with Crippen molar-refractivity contribution in [2.75, 3.05) is 11.9 Å². The molecule has 1 aromatic heterocycles. The lowest BCUT2D eigenvalue weighted by molar-refractivity contribution is 0.195. The van der Waals surface area contributed by atoms with E-state index >= 15 is 0 Å². The molecule has 0 aliphatic carbocycles. The largest absolute Gasteiger partial charge is 0.386 e. The summed E-state index contributed by atoms with van der Waals surface area (Å²) in [6.07, 6.45) is -0.600. The third-order valence-corrected chi connectivity index (χ3v) is 3.43. The molecule has 0 saturated heterocycles. The molecule has 0 amide bonds. The molecule has 0 bridgehead atoms. The smallest absolute Gasteiger partial charge is 0.126 e. The Bertz CT molecular complexity index is 469. The van der Waals surface area contributed by atoms with Crippen LogP contribution in [0.1, 0.15) is 11.0 Å². The molecule has 2 nitrogen and oxygen atoms in total. The Morgan fingerprint density at radius 3 is 2.88 bits per heavy atom. The SMILES string of the molecule is OC(CNc1cc(F)cc(Cl)c1)c1cccs1. The van der Waals surface area contributed by atoms with E-state index in [1.165, 1.54) is 23.5 Å². The highest BCUT2D eigenvalue weighted by Gasteiger charge is 2.08. The summed E-state index contributed by atoms with van der Waals surface area (Å²) in [5, 5.41) is 15.0. The molecule has 17 heavy (non-hydrogen) atoms. The number of benzene rings is 1. The van der Waals surface area contributed by atoms with Crippen molar-refractivity contribution in [2.24, 2.45) is 0 Å². The minimum Gasteiger partial charge on any atom is -0.386 e. The predicted octanol–water partition coefficient (Wildman–Crippen LogP) is 3.69. The fourth-order valence-electron chi connectivity index (χ4n) is 1.45. The van der Waals surface area contributed by atoms with E-state index in [-0.39, 0.29) is 0 Å². The van der Waals surface area contributed by atoms with Crippen molar-refractivity contribution in [2.45, 2.75) is 6.10 Å². The van der Waals surface area contributed by atoms with Crippen molar-refractivity contribution in [3.63, 3.8) is 0 Å². The first-order valence-electron chi connectivity index (χ1n) is 5.06. The number of thiophene rings is 1. The Labute approximate surface area is 108 Å². The number of aliphatic hydroxyl groups is 1. The van der Waals surface area contributed by atoms with Crippen molar-refractivity contribution in [3.8, 4) is 0 Å². The van der Waals surface area contributed by atoms with Gasteiger partial charge >= 0.3 is 0 Å². The van der Waals surface area contributed by atoms with Gasteiger partial charge in [0.1, 0.15) is 11.9 Å². The molecule has 1 heterocycles. The third-order valence-electron chi connectivity index (χ3n) is 2.23. The fourth-order valence-corrected chi connectivity index (χ4v) is 2.39. The molecule has 90 valence electrons. The molecule has 1 unspecified atom stereocenters. The van der Waals surface area contributed by atoms with E-state index < -0.39 is 11.9 Å². The van der Waals surface area contributed by atoms with Crippen molar-refractivity contribution >= 4 is 28.6 Å². The quantitative estimate of drug-likeness (QED) is 0.889. The topological polar surface area (TPSA) is 32.3 Å². The van der Waals surface area contributed by atoms with Gasteiger partial charge in [0.2, 0.25) is 0 Å². The molecule has 0 aliphatic heterocycles. The van der Waals surface area contributed by atoms with Gasteiger partial charge in [-0.1, -0.05) is 17.7 Å². The van der Waals surface area contributed by atoms with Crippen LogP contribution >= 0.6 is 22.9 Å². The van der Waals surface area contributed by atoms with E-state index in [0.717, 1.165) is 4.88 Å². The van der Waals surface area contributed by atoms with Gasteiger partial charge in [-0.15, -0.1) is 11.3 Å². The molecule has 2 aromatic rings. The summed E-state index contributed by atoms with van der Waals surface area (Å²) in [6, 6.07) is 7.93. The van der Waals surface area contributed by atoms with Crippen LogP contribution in [-0.2, 0) is 0 Å². The maximum atomic E-state index is 13.0. The van der Waals surface area contributed by atoms with Gasteiger partial charge in [-0.2, -0.15) is 0 Å². The summed E-state index contributed by atoms with van der Waals surface area (Å²) >= 11 is 7.21. The lowest BCUT2D eigenvalue weighted by Crippen LogP contribution is -2.11. The van der Waals surface area contributed by atoms with Crippen molar-refractivity contribution in [1.82, 2.24) is 0 Å². The van der Waals surface area contributed by atoms with Gasteiger partial charge in [0, 0.05) is 22.1 Å². The van der Waals surface area contributed by atoms with Gasteiger partial charge in [-0.25, -0.2) is 4.39 Å². The second-order valence-corrected chi connectivity index (χ2v) is 4.99. The van der Waals surface area contributed by atoms with Crippen molar-refractivity contribution in [3.05, 3.63) is 51.4 Å². The van der Waals surface area contributed by atoms with E-state index in [1.54, 1.807) is 6.07 Å². The maximum absolute atomic E-state index is 13.0. The first kappa shape index (κ1) is 12.4. The number of hydrogen-bond donors (Lipinski definition) is 2. The summed E-state index contributed by atoms with van der Waals surface area (Å²) < 4.78 is 13.0. The van der Waals surface area contributed by atoms with Crippen LogP contribution in [0.3, 0.4) is 0 Å². The van der Waals surface area contributed by atoms with E-state index in [4.69, 9.17) is 11.6 Å². The summed E-state index contributed by atoms with van der Waals surface area (Å²) in [7, 11) is 0. The Hall–Kier alpha value is -1.10. The average molecular weight is 272 g/mol. The standard InChI is InChI=1S/C12H11ClFNOS/c13-8-4-9(14)6-10(5-8)15-7-11(16)12-2-1-3-17-12/h1-6,11,15-16H,7H2. The Balaban J connectivity index is 1.98. The molecular weight excluding hydrogens is 261 g/mol. The summed E-state index contributed by atoms with van der Waals surface area (Å²) in [5.74, 6) is -0.398. The maximum Gasteiger partial charge on any atom is 0.126 e. The molecule has 0 fully saturated rings. The van der Waals surface area contributed by atoms with Crippen molar-refractivity contribution < 1.29 is 9.50 Å². The second-order valence-electron chi connectivity index (χ2n) is 3.57. The summed E-state index contributed by atoms with van der Waals surface area (Å²) in [4.78, 5) is 0.875. The van der Waals surface area contributed by atoms with E-state index in [1.807, 2.05) is 17.5 Å². The minimum atomic E-state index is -0.600. The molecule has 1 atom stereocenters. The molecule has 0 radical (unpaired) electrons. The van der Waals surface area contributed by atoms with E-state index in [9.17, 15) is 9.50 Å². The Morgan fingerprint density at radius 2 is 2.24 bits per heavy atom. The molecule has 0 aliphatic rings. The number of nitrogens with one attached hydrogen (secondary N) is 1. The first-order chi connectivity index (χ1) is 8.15. The monoisotopic (exact) mass is 271 g/mol. The Morgan fingerprint density at radius 1 is 1.41 bits per heavy atom. The lowest BCUT2D eigenvalue weighted by atomic mass is 10.2. The minimum absolute atomic E-state index is 0.320. The fraction of sp³-hybridized carbons (Fsp3) is 0.167. The van der Waals surface area contributed by atoms with E-state index in [2.05, 4.69) is 5.32 Å². The first-order valence-corrected chi connectivity index (χ1v) is 6.32. The highest BCUT2D eigenvalue weighted by Crippen LogP contribution is 2.21. The summed E-state index contributed by atoms with van der Waals surface area (Å²) in [6.45, 7) is 0.320. The molecule has 5 heteroatoms. The number of halogens is 2. The normalized spacial score (nSPS) is 12.4. The van der Waals surface area contributed by atoms with Gasteiger partial charge in [-0.3, -0.25) is 0 Å². The predicted molar refractivity (Wildman–Crippen MR) is 69.2 cm³/mol. The third kappa shape index (κ3) is 3.43. The van der Waals surface area contributed by atoms with Crippen LogP contribution in [0.2, 0.25) is 5.02 Å². The van der Waals surface area contributed by atoms with E-state index in [0.29, 0.717) is 17.3 Å². The van der Waals surface area contributed by atoms with Gasteiger partial charge in [0.15, 0.2) is 0 Å². The number of hydrogen-bond acceptors (Lipinski definition) is 3. The highest BCUT2D eigenvalue weighted by atomic mass is 35.5. The molecule has 2 N–H and O–H groups in total. The lowest BCUT2D eigenvalue weighted by Gasteiger charge is -2.11. The van der Waals surface area contributed by atoms with Crippen LogP contribution in [0, 0.1) is 5.82 Å². The van der Waals surface area contributed by atoms with Crippen LogP contribution in [0.4, 0.5) is 10.1 Å². The van der Waals surface area contributed by atoms with Gasteiger partial charge < -0.3 is 10.4 Å². The van der Waals surface area contributed by atoms with Crippen LogP contribution in [0.15, 0.2) is 35.7 Å². The van der Waals surface area contributed by atoms with Crippen LogP contribution in [-0.4, -0.2) is 11.7 Å². The molecule has 0 spiro atoms. The average Bonchev–Trinajstić information content (AvgIpc) is 2.78. The highest BCUT2D eigenvalue weighted by molar-refractivity contribution is 7.10. The Kier molecular flexibility index (Phi) is 3.99. The van der Waals surface area contributed by atoms with Crippen LogP contribution in [0.5, 0.6) is 0 Å². The molecule has 2 rings (SSSR count). The number of aliphatic hydroxyl groups excluding tert-OH is 1. The van der Waals surface area contributed by atoms with Crippen LogP contribution in [0.25, 0.3) is 0 Å². The second kappa shape index (κ2) is 5.49. The molecule has 1 aromatic carbocycles.